The van der Waals surface area contributed by atoms with Crippen LogP contribution in [-0.2, 0) is 30.4 Å². The van der Waals surface area contributed by atoms with Crippen LogP contribution in [0.25, 0.3) is 0 Å². The van der Waals surface area contributed by atoms with Gasteiger partial charge in [-0.25, -0.2) is 4.79 Å². The first-order valence-corrected chi connectivity index (χ1v) is 11.0. The van der Waals surface area contributed by atoms with Crippen LogP contribution in [0.1, 0.15) is 25.3 Å². The van der Waals surface area contributed by atoms with Gasteiger partial charge in [0.2, 0.25) is 17.7 Å². The zero-order chi connectivity index (χ0) is 25.8. The van der Waals surface area contributed by atoms with Gasteiger partial charge in [-0.15, -0.1) is 0 Å². The number of aliphatic carboxylic acids is 2. The summed E-state index contributed by atoms with van der Waals surface area (Å²) in [6.45, 7) is 1.23. The molecule has 0 saturated carbocycles. The topological polar surface area (TPSA) is 208 Å². The number of carboxylic acid groups (broad SMARTS) is 2. The quantitative estimate of drug-likeness (QED) is 0.137. The highest BCUT2D eigenvalue weighted by molar-refractivity contribution is 7.80. The van der Waals surface area contributed by atoms with Gasteiger partial charge < -0.3 is 37.0 Å². The fourth-order valence-electron chi connectivity index (χ4n) is 2.85. The van der Waals surface area contributed by atoms with Gasteiger partial charge in [0.1, 0.15) is 18.1 Å². The van der Waals surface area contributed by atoms with Crippen molar-refractivity contribution in [3.63, 3.8) is 0 Å². The molecule has 0 heterocycles. The number of aliphatic hydroxyl groups is 1. The summed E-state index contributed by atoms with van der Waals surface area (Å²) in [7, 11) is 0. The summed E-state index contributed by atoms with van der Waals surface area (Å²) in [6, 6.07) is 3.35. The number of nitrogens with two attached hydrogens (primary N) is 1. The van der Waals surface area contributed by atoms with E-state index in [4.69, 9.17) is 10.8 Å². The van der Waals surface area contributed by atoms with Gasteiger partial charge in [0.15, 0.2) is 0 Å². The van der Waals surface area contributed by atoms with Crippen LogP contribution in [0.15, 0.2) is 30.3 Å². The third-order valence-electron chi connectivity index (χ3n) is 4.78. The van der Waals surface area contributed by atoms with E-state index in [-0.39, 0.29) is 25.0 Å². The summed E-state index contributed by atoms with van der Waals surface area (Å²) in [6.07, 6.45) is -1.93. The number of aliphatic hydroxyl groups excluding tert-OH is 1. The normalized spacial score (nSPS) is 15.2. The average Bonchev–Trinajstić information content (AvgIpc) is 2.78. The Morgan fingerprint density at radius 2 is 1.53 bits per heavy atom. The van der Waals surface area contributed by atoms with E-state index in [1.807, 2.05) is 0 Å². The first-order chi connectivity index (χ1) is 16.0. The zero-order valence-corrected chi connectivity index (χ0v) is 19.4. The molecule has 0 aliphatic heterocycles. The van der Waals surface area contributed by atoms with Gasteiger partial charge in [0.05, 0.1) is 12.1 Å². The molecule has 0 aliphatic carbocycles. The van der Waals surface area contributed by atoms with E-state index in [9.17, 15) is 34.2 Å². The maximum Gasteiger partial charge on any atom is 0.326 e. The molecule has 5 unspecified atom stereocenters. The molecule has 188 valence electrons. The van der Waals surface area contributed by atoms with Crippen LogP contribution >= 0.6 is 12.6 Å². The minimum Gasteiger partial charge on any atom is -0.481 e. The lowest BCUT2D eigenvalue weighted by atomic mass is 10.1. The Labute approximate surface area is 201 Å². The number of benzene rings is 1. The molecule has 12 nitrogen and oxygen atoms in total. The summed E-state index contributed by atoms with van der Waals surface area (Å²) >= 11 is 4.02. The van der Waals surface area contributed by atoms with Gasteiger partial charge in [-0.2, -0.15) is 12.6 Å². The summed E-state index contributed by atoms with van der Waals surface area (Å²) in [5.74, 6) is -5.23. The monoisotopic (exact) mass is 498 g/mol. The number of carbonyl (C=O) groups is 5. The van der Waals surface area contributed by atoms with Crippen LogP contribution in [0, 0.1) is 0 Å². The second-order valence-electron chi connectivity index (χ2n) is 7.60. The molecule has 0 aromatic heterocycles. The Bertz CT molecular complexity index is 868. The van der Waals surface area contributed by atoms with Crippen LogP contribution in [0.3, 0.4) is 0 Å². The van der Waals surface area contributed by atoms with Gasteiger partial charge in [-0.1, -0.05) is 30.3 Å². The van der Waals surface area contributed by atoms with Crippen molar-refractivity contribution in [1.29, 1.82) is 0 Å². The SMILES string of the molecule is CC(O)C(NC(=O)C(N)CCC(=O)O)C(=O)NC(CS)C(=O)NC(Cc1ccccc1)C(=O)O. The highest BCUT2D eigenvalue weighted by atomic mass is 32.1. The molecule has 0 radical (unpaired) electrons. The van der Waals surface area contributed by atoms with Gasteiger partial charge >= 0.3 is 11.9 Å². The van der Waals surface area contributed by atoms with Crippen molar-refractivity contribution in [3.8, 4) is 0 Å². The van der Waals surface area contributed by atoms with Crippen LogP contribution in [-0.4, -0.2) is 81.0 Å². The molecule has 5 atom stereocenters. The minimum absolute atomic E-state index is 0.00966. The lowest BCUT2D eigenvalue weighted by Gasteiger charge is -2.25. The first kappa shape index (κ1) is 28.9. The number of nitrogens with one attached hydrogen (secondary N) is 3. The highest BCUT2D eigenvalue weighted by Crippen LogP contribution is 2.05. The average molecular weight is 499 g/mol. The molecular weight excluding hydrogens is 468 g/mol. The van der Waals surface area contributed by atoms with Gasteiger partial charge in [-0.05, 0) is 18.9 Å². The Balaban J connectivity index is 2.81. The van der Waals surface area contributed by atoms with Crippen LogP contribution in [0.2, 0.25) is 0 Å². The molecule has 0 spiro atoms. The maximum atomic E-state index is 12.6. The third-order valence-corrected chi connectivity index (χ3v) is 5.15. The van der Waals surface area contributed by atoms with Crippen molar-refractivity contribution in [1.82, 2.24) is 16.0 Å². The third kappa shape index (κ3) is 9.77. The standard InChI is InChI=1S/C21H30N4O8S/c1-11(26)17(25-18(29)13(22)7-8-16(27)28)20(31)24-15(10-34)19(30)23-14(21(32)33)9-12-5-3-2-4-6-12/h2-6,11,13-15,17,26,34H,7-10,22H2,1H3,(H,23,30)(H,24,31)(H,25,29)(H,27,28)(H,32,33). The van der Waals surface area contributed by atoms with E-state index in [1.165, 1.54) is 6.92 Å². The second-order valence-corrected chi connectivity index (χ2v) is 7.96. The number of carboxylic acids is 2. The molecule has 1 rings (SSSR count). The molecule has 34 heavy (non-hydrogen) atoms. The van der Waals surface area contributed by atoms with Crippen LogP contribution in [0.5, 0.6) is 0 Å². The first-order valence-electron chi connectivity index (χ1n) is 10.4. The Morgan fingerprint density at radius 1 is 0.941 bits per heavy atom. The van der Waals surface area contributed by atoms with Gasteiger partial charge in [-0.3, -0.25) is 19.2 Å². The molecule has 0 bridgehead atoms. The van der Waals surface area contributed by atoms with E-state index in [0.29, 0.717) is 5.56 Å². The van der Waals surface area contributed by atoms with Gasteiger partial charge in [0.25, 0.3) is 0 Å². The fraction of sp³-hybridized carbons (Fsp3) is 0.476. The van der Waals surface area contributed by atoms with E-state index in [0.717, 1.165) is 0 Å². The number of rotatable bonds is 14. The number of hydrogen-bond acceptors (Lipinski definition) is 8. The fourth-order valence-corrected chi connectivity index (χ4v) is 3.11. The lowest BCUT2D eigenvalue weighted by molar-refractivity contribution is -0.142. The van der Waals surface area contributed by atoms with Crippen molar-refractivity contribution in [3.05, 3.63) is 35.9 Å². The molecule has 0 fully saturated rings. The maximum absolute atomic E-state index is 12.6. The number of thiol groups is 1. The molecule has 0 saturated heterocycles. The molecule has 1 aromatic carbocycles. The molecule has 3 amide bonds. The molecule has 8 N–H and O–H groups in total. The summed E-state index contributed by atoms with van der Waals surface area (Å²) in [5, 5.41) is 35.0. The molecular formula is C21H30N4O8S. The van der Waals surface area contributed by atoms with E-state index < -0.39 is 59.9 Å². The Hall–Kier alpha value is -3.16. The second kappa shape index (κ2) is 14.2. The largest absolute Gasteiger partial charge is 0.481 e. The Kier molecular flexibility index (Phi) is 12.0. The van der Waals surface area contributed by atoms with Crippen molar-refractivity contribution < 1.29 is 39.3 Å². The number of amides is 3. The molecule has 1 aromatic rings. The summed E-state index contributed by atoms with van der Waals surface area (Å²) in [4.78, 5) is 59.7. The smallest absolute Gasteiger partial charge is 0.326 e. The highest BCUT2D eigenvalue weighted by Gasteiger charge is 2.32. The summed E-state index contributed by atoms with van der Waals surface area (Å²) in [5.41, 5.74) is 6.29. The Morgan fingerprint density at radius 3 is 2.03 bits per heavy atom. The van der Waals surface area contributed by atoms with Crippen molar-refractivity contribution >= 4 is 42.3 Å². The van der Waals surface area contributed by atoms with Gasteiger partial charge in [0, 0.05) is 18.6 Å². The summed E-state index contributed by atoms with van der Waals surface area (Å²) < 4.78 is 0. The predicted molar refractivity (Wildman–Crippen MR) is 124 cm³/mol. The predicted octanol–water partition coefficient (Wildman–Crippen LogP) is -1.73. The number of carbonyl (C=O) groups excluding carboxylic acids is 3. The number of hydrogen-bond donors (Lipinski definition) is 8. The van der Waals surface area contributed by atoms with Crippen LogP contribution < -0.4 is 21.7 Å². The van der Waals surface area contributed by atoms with Crippen molar-refractivity contribution in [2.75, 3.05) is 5.75 Å². The molecule has 13 heteroatoms. The lowest BCUT2D eigenvalue weighted by Crippen LogP contribution is -2.60. The zero-order valence-electron chi connectivity index (χ0n) is 18.5. The van der Waals surface area contributed by atoms with Crippen molar-refractivity contribution in [2.45, 2.75) is 56.5 Å². The van der Waals surface area contributed by atoms with E-state index >= 15 is 0 Å². The molecule has 0 aliphatic rings. The van der Waals surface area contributed by atoms with Crippen molar-refractivity contribution in [2.24, 2.45) is 5.73 Å². The minimum atomic E-state index is -1.50. The van der Waals surface area contributed by atoms with E-state index in [2.05, 4.69) is 28.6 Å². The van der Waals surface area contributed by atoms with Crippen LogP contribution in [0.4, 0.5) is 0 Å². The van der Waals surface area contributed by atoms with E-state index in [1.54, 1.807) is 30.3 Å².